The molecule has 2 aromatic rings. The number of carbonyl (C=O) groups is 2. The summed E-state index contributed by atoms with van der Waals surface area (Å²) in [5.74, 6) is -1.77. The maximum atomic E-state index is 15.0. The number of pyridine rings is 1. The molecule has 7 nitrogen and oxygen atoms in total. The van der Waals surface area contributed by atoms with Crippen LogP contribution in [0, 0.1) is 17.2 Å². The van der Waals surface area contributed by atoms with E-state index >= 15 is 0 Å². The number of halogens is 4. The largest absolute Gasteiger partial charge is 0.492 e. The van der Waals surface area contributed by atoms with Crippen molar-refractivity contribution in [3.05, 3.63) is 47.9 Å². The lowest BCUT2D eigenvalue weighted by molar-refractivity contribution is -0.217. The summed E-state index contributed by atoms with van der Waals surface area (Å²) in [6.07, 6.45) is -0.387. The molecule has 1 atom stereocenters. The molecule has 1 aromatic heterocycles. The standard InChI is InChI=1S/C29H35F4N3O4/c1-27(2,29(31,32)33)18-35-13-9-19(10-14-35)17-40-21-6-8-24(34-16-21)20-5-7-22(23(30)15-20)25(37)36-12-4-11-28(36,3)26(38)39/h5-8,15-16,19H,4,9-14,17-18H2,1-3H3,(H,38,39). The van der Waals surface area contributed by atoms with Crippen LogP contribution < -0.4 is 4.74 Å². The molecular weight excluding hydrogens is 530 g/mol. The van der Waals surface area contributed by atoms with E-state index in [0.717, 1.165) is 12.8 Å². The third-order valence-electron chi connectivity index (χ3n) is 8.16. The maximum absolute atomic E-state index is 15.0. The minimum atomic E-state index is -4.24. The predicted molar refractivity (Wildman–Crippen MR) is 140 cm³/mol. The predicted octanol–water partition coefficient (Wildman–Crippen LogP) is 5.65. The Morgan fingerprint density at radius 3 is 2.40 bits per heavy atom. The quantitative estimate of drug-likeness (QED) is 0.417. The number of hydrogen-bond acceptors (Lipinski definition) is 5. The first-order valence-electron chi connectivity index (χ1n) is 13.4. The number of carboxylic acids is 1. The number of carbonyl (C=O) groups excluding carboxylic acids is 1. The van der Waals surface area contributed by atoms with Crippen molar-refractivity contribution >= 4 is 11.9 Å². The van der Waals surface area contributed by atoms with Crippen LogP contribution in [0.2, 0.25) is 0 Å². The highest BCUT2D eigenvalue weighted by Gasteiger charge is 2.48. The van der Waals surface area contributed by atoms with E-state index in [9.17, 15) is 32.3 Å². The topological polar surface area (TPSA) is 83.0 Å². The fourth-order valence-electron chi connectivity index (χ4n) is 5.31. The molecule has 2 aliphatic rings. The zero-order valence-electron chi connectivity index (χ0n) is 22.9. The van der Waals surface area contributed by atoms with Crippen LogP contribution in [0.15, 0.2) is 36.5 Å². The number of aliphatic carboxylic acids is 1. The van der Waals surface area contributed by atoms with Gasteiger partial charge in [-0.2, -0.15) is 13.2 Å². The molecular formula is C29H35F4N3O4. The fourth-order valence-corrected chi connectivity index (χ4v) is 5.31. The molecule has 1 amide bonds. The number of piperidine rings is 1. The van der Waals surface area contributed by atoms with E-state index < -0.39 is 34.8 Å². The Bertz CT molecular complexity index is 1230. The van der Waals surface area contributed by atoms with Crippen LogP contribution in [-0.2, 0) is 4.79 Å². The molecule has 0 radical (unpaired) electrons. The molecule has 1 unspecified atom stereocenters. The van der Waals surface area contributed by atoms with E-state index in [4.69, 9.17) is 4.74 Å². The fraction of sp³-hybridized carbons (Fsp3) is 0.552. The monoisotopic (exact) mass is 565 g/mol. The van der Waals surface area contributed by atoms with Crippen molar-refractivity contribution in [2.75, 3.05) is 32.8 Å². The Labute approximate surface area is 231 Å². The summed E-state index contributed by atoms with van der Waals surface area (Å²) in [7, 11) is 0. The number of hydrogen-bond donors (Lipinski definition) is 1. The number of aromatic nitrogens is 1. The van der Waals surface area contributed by atoms with Crippen LogP contribution in [0.4, 0.5) is 17.6 Å². The molecule has 1 aromatic carbocycles. The smallest absolute Gasteiger partial charge is 0.395 e. The van der Waals surface area contributed by atoms with E-state index in [1.165, 1.54) is 44.0 Å². The number of benzene rings is 1. The molecule has 1 N–H and O–H groups in total. The molecule has 218 valence electrons. The number of carboxylic acid groups (broad SMARTS) is 1. The van der Waals surface area contributed by atoms with Crippen LogP contribution in [0.3, 0.4) is 0 Å². The van der Waals surface area contributed by atoms with Gasteiger partial charge in [0, 0.05) is 18.7 Å². The SMILES string of the molecule is CC1(C(=O)O)CCCN1C(=O)c1ccc(-c2ccc(OCC3CCN(CC(C)(C)C(F)(F)F)CC3)cn2)cc1F. The van der Waals surface area contributed by atoms with Gasteiger partial charge in [0.25, 0.3) is 5.91 Å². The lowest BCUT2D eigenvalue weighted by Crippen LogP contribution is -2.50. The van der Waals surface area contributed by atoms with Crippen LogP contribution in [-0.4, -0.2) is 76.3 Å². The first-order valence-corrected chi connectivity index (χ1v) is 13.4. The van der Waals surface area contributed by atoms with Crippen molar-refractivity contribution in [2.45, 2.75) is 58.2 Å². The van der Waals surface area contributed by atoms with Gasteiger partial charge in [-0.05, 0) is 89.7 Å². The highest BCUT2D eigenvalue weighted by Crippen LogP contribution is 2.39. The minimum Gasteiger partial charge on any atom is -0.492 e. The summed E-state index contributed by atoms with van der Waals surface area (Å²) in [6.45, 7) is 5.76. The average molecular weight is 566 g/mol. The summed E-state index contributed by atoms with van der Waals surface area (Å²) in [4.78, 5) is 32.1. The lowest BCUT2D eigenvalue weighted by Gasteiger charge is -2.38. The van der Waals surface area contributed by atoms with Crippen LogP contribution in [0.25, 0.3) is 11.3 Å². The summed E-state index contributed by atoms with van der Waals surface area (Å²) in [5.41, 5.74) is -2.37. The number of nitrogens with zero attached hydrogens (tertiary/aromatic N) is 3. The second kappa shape index (κ2) is 11.3. The van der Waals surface area contributed by atoms with E-state index in [0.29, 0.717) is 49.5 Å². The molecule has 2 saturated heterocycles. The van der Waals surface area contributed by atoms with E-state index in [1.54, 1.807) is 18.2 Å². The molecule has 3 heterocycles. The van der Waals surface area contributed by atoms with Crippen molar-refractivity contribution in [3.8, 4) is 17.0 Å². The Morgan fingerprint density at radius 2 is 1.82 bits per heavy atom. The van der Waals surface area contributed by atoms with Gasteiger partial charge in [-0.1, -0.05) is 6.07 Å². The molecule has 40 heavy (non-hydrogen) atoms. The van der Waals surface area contributed by atoms with Crippen molar-refractivity contribution < 1.29 is 37.0 Å². The lowest BCUT2D eigenvalue weighted by atomic mass is 9.89. The summed E-state index contributed by atoms with van der Waals surface area (Å²) in [6, 6.07) is 7.51. The van der Waals surface area contributed by atoms with Gasteiger partial charge in [-0.25, -0.2) is 9.18 Å². The third-order valence-corrected chi connectivity index (χ3v) is 8.16. The number of alkyl halides is 3. The highest BCUT2D eigenvalue weighted by molar-refractivity contribution is 5.98. The first kappa shape index (κ1) is 29.8. The van der Waals surface area contributed by atoms with Crippen LogP contribution in [0.5, 0.6) is 5.75 Å². The Kier molecular flexibility index (Phi) is 8.44. The summed E-state index contributed by atoms with van der Waals surface area (Å²) in [5, 5.41) is 9.56. The molecule has 0 bridgehead atoms. The number of amides is 1. The van der Waals surface area contributed by atoms with Gasteiger partial charge in [0.2, 0.25) is 0 Å². The third kappa shape index (κ3) is 6.24. The molecule has 2 fully saturated rings. The van der Waals surface area contributed by atoms with Gasteiger partial charge in [-0.15, -0.1) is 0 Å². The molecule has 0 saturated carbocycles. The zero-order chi connectivity index (χ0) is 29.3. The van der Waals surface area contributed by atoms with Crippen LogP contribution >= 0.6 is 0 Å². The Morgan fingerprint density at radius 1 is 1.12 bits per heavy atom. The summed E-state index contributed by atoms with van der Waals surface area (Å²) < 4.78 is 60.4. The van der Waals surface area contributed by atoms with E-state index in [-0.39, 0.29) is 24.6 Å². The van der Waals surface area contributed by atoms with Gasteiger partial charge in [0.05, 0.1) is 29.5 Å². The zero-order valence-corrected chi connectivity index (χ0v) is 22.9. The van der Waals surface area contributed by atoms with Crippen molar-refractivity contribution in [1.29, 1.82) is 0 Å². The highest BCUT2D eigenvalue weighted by atomic mass is 19.4. The van der Waals surface area contributed by atoms with Crippen LogP contribution in [0.1, 0.15) is 56.8 Å². The van der Waals surface area contributed by atoms with Gasteiger partial charge in [0.1, 0.15) is 17.1 Å². The average Bonchev–Trinajstić information content (AvgIpc) is 3.30. The number of likely N-dealkylation sites (tertiary alicyclic amines) is 2. The second-order valence-electron chi connectivity index (χ2n) is 11.6. The second-order valence-corrected chi connectivity index (χ2v) is 11.6. The maximum Gasteiger partial charge on any atom is 0.395 e. The van der Waals surface area contributed by atoms with E-state index in [2.05, 4.69) is 4.98 Å². The number of ether oxygens (including phenoxy) is 1. The normalized spacial score (nSPS) is 21.0. The minimum absolute atomic E-state index is 0.0227. The number of rotatable bonds is 8. The molecule has 2 aliphatic heterocycles. The van der Waals surface area contributed by atoms with E-state index in [1.807, 2.05) is 4.90 Å². The Hall–Kier alpha value is -3.21. The molecule has 0 spiro atoms. The van der Waals surface area contributed by atoms with Crippen molar-refractivity contribution in [2.24, 2.45) is 11.3 Å². The van der Waals surface area contributed by atoms with Crippen molar-refractivity contribution in [3.63, 3.8) is 0 Å². The van der Waals surface area contributed by atoms with Gasteiger partial charge in [-0.3, -0.25) is 9.78 Å². The van der Waals surface area contributed by atoms with Gasteiger partial charge >= 0.3 is 12.1 Å². The molecule has 0 aliphatic carbocycles. The summed E-state index contributed by atoms with van der Waals surface area (Å²) >= 11 is 0. The first-order chi connectivity index (χ1) is 18.7. The van der Waals surface area contributed by atoms with Gasteiger partial charge < -0.3 is 19.6 Å². The van der Waals surface area contributed by atoms with Crippen molar-refractivity contribution in [1.82, 2.24) is 14.8 Å². The van der Waals surface area contributed by atoms with Gasteiger partial charge in [0.15, 0.2) is 0 Å². The molecule has 11 heteroatoms. The Balaban J connectivity index is 1.31. The molecule has 4 rings (SSSR count).